The van der Waals surface area contributed by atoms with Crippen molar-refractivity contribution in [1.29, 1.82) is 0 Å². The summed E-state index contributed by atoms with van der Waals surface area (Å²) in [5.74, 6) is -2.55. The Morgan fingerprint density at radius 2 is 1.77 bits per heavy atom. The first-order chi connectivity index (χ1) is 12.1. The third kappa shape index (κ3) is 5.19. The maximum Gasteiger partial charge on any atom is 0.405 e. The van der Waals surface area contributed by atoms with Crippen molar-refractivity contribution < 1.29 is 27.2 Å². The molecule has 4 nitrogen and oxygen atoms in total. The standard InChI is InChI=1S/C17H13ClF4N2O2/c1-9-2-3-10(15(25)23-8-17(20,21)22)6-14(9)24-16(26)12-7-11(18)4-5-13(12)19/h2-7H,8H2,1H3,(H,23,25)(H,24,26). The Bertz CT molecular complexity index is 853. The number of alkyl halides is 3. The van der Waals surface area contributed by atoms with Crippen LogP contribution in [-0.2, 0) is 0 Å². The van der Waals surface area contributed by atoms with Gasteiger partial charge < -0.3 is 10.6 Å². The number of nitrogens with one attached hydrogen (secondary N) is 2. The Balaban J connectivity index is 2.20. The summed E-state index contributed by atoms with van der Waals surface area (Å²) in [4.78, 5) is 24.0. The third-order valence-electron chi connectivity index (χ3n) is 3.37. The fraction of sp³-hybridized carbons (Fsp3) is 0.176. The van der Waals surface area contributed by atoms with Gasteiger partial charge in [0.05, 0.1) is 5.56 Å². The normalized spacial score (nSPS) is 11.2. The molecular formula is C17H13ClF4N2O2. The maximum atomic E-state index is 13.8. The molecule has 0 fully saturated rings. The molecule has 0 unspecified atom stereocenters. The Labute approximate surface area is 151 Å². The minimum absolute atomic E-state index is 0.0817. The molecule has 0 bridgehead atoms. The topological polar surface area (TPSA) is 58.2 Å². The first-order valence-electron chi connectivity index (χ1n) is 7.29. The van der Waals surface area contributed by atoms with E-state index in [0.717, 1.165) is 12.1 Å². The number of hydrogen-bond acceptors (Lipinski definition) is 2. The van der Waals surface area contributed by atoms with Crippen molar-refractivity contribution >= 4 is 29.1 Å². The quantitative estimate of drug-likeness (QED) is 0.766. The predicted molar refractivity (Wildman–Crippen MR) is 88.9 cm³/mol. The van der Waals surface area contributed by atoms with E-state index in [4.69, 9.17) is 11.6 Å². The van der Waals surface area contributed by atoms with Crippen LogP contribution in [0, 0.1) is 12.7 Å². The molecule has 0 aliphatic heterocycles. The molecule has 2 N–H and O–H groups in total. The van der Waals surface area contributed by atoms with Crippen LogP contribution in [0.1, 0.15) is 26.3 Å². The summed E-state index contributed by atoms with van der Waals surface area (Å²) in [6.45, 7) is 0.135. The van der Waals surface area contributed by atoms with E-state index in [-0.39, 0.29) is 21.8 Å². The zero-order valence-electron chi connectivity index (χ0n) is 13.4. The lowest BCUT2D eigenvalue weighted by Gasteiger charge is -2.12. The van der Waals surface area contributed by atoms with Crippen molar-refractivity contribution in [2.75, 3.05) is 11.9 Å². The fourth-order valence-electron chi connectivity index (χ4n) is 2.04. The van der Waals surface area contributed by atoms with E-state index >= 15 is 0 Å². The molecule has 0 aromatic heterocycles. The molecule has 2 rings (SSSR count). The van der Waals surface area contributed by atoms with E-state index in [9.17, 15) is 27.2 Å². The summed E-state index contributed by atoms with van der Waals surface area (Å²) in [7, 11) is 0. The molecule has 0 aliphatic rings. The van der Waals surface area contributed by atoms with Crippen LogP contribution in [0.5, 0.6) is 0 Å². The van der Waals surface area contributed by atoms with Crippen LogP contribution in [0.4, 0.5) is 23.2 Å². The number of amides is 2. The summed E-state index contributed by atoms with van der Waals surface area (Å²) in [5.41, 5.74) is 0.313. The number of hydrogen-bond donors (Lipinski definition) is 2. The van der Waals surface area contributed by atoms with E-state index < -0.39 is 30.4 Å². The molecule has 0 atom stereocenters. The smallest absolute Gasteiger partial charge is 0.343 e. The minimum Gasteiger partial charge on any atom is -0.343 e. The molecule has 0 aliphatic carbocycles. The molecule has 0 radical (unpaired) electrons. The molecule has 2 aromatic carbocycles. The Hall–Kier alpha value is -2.61. The van der Waals surface area contributed by atoms with Gasteiger partial charge in [-0.25, -0.2) is 4.39 Å². The highest BCUT2D eigenvalue weighted by Crippen LogP contribution is 2.21. The average molecular weight is 389 g/mol. The number of carbonyl (C=O) groups is 2. The van der Waals surface area contributed by atoms with Gasteiger partial charge in [-0.15, -0.1) is 0 Å². The van der Waals surface area contributed by atoms with Gasteiger partial charge >= 0.3 is 6.18 Å². The summed E-state index contributed by atoms with van der Waals surface area (Å²) < 4.78 is 50.3. The SMILES string of the molecule is Cc1ccc(C(=O)NCC(F)(F)F)cc1NC(=O)c1cc(Cl)ccc1F. The number of anilines is 1. The van der Waals surface area contributed by atoms with Crippen LogP contribution < -0.4 is 10.6 Å². The second kappa shape index (κ2) is 7.74. The Morgan fingerprint density at radius 3 is 2.42 bits per heavy atom. The monoisotopic (exact) mass is 388 g/mol. The van der Waals surface area contributed by atoms with Gasteiger partial charge in [0.15, 0.2) is 0 Å². The van der Waals surface area contributed by atoms with Gasteiger partial charge in [0.1, 0.15) is 12.4 Å². The van der Waals surface area contributed by atoms with Crippen molar-refractivity contribution in [2.45, 2.75) is 13.1 Å². The highest BCUT2D eigenvalue weighted by Gasteiger charge is 2.28. The lowest BCUT2D eigenvalue weighted by atomic mass is 10.1. The molecule has 0 heterocycles. The summed E-state index contributed by atoms with van der Waals surface area (Å²) in [6.07, 6.45) is -4.54. The van der Waals surface area contributed by atoms with Crippen molar-refractivity contribution in [1.82, 2.24) is 5.32 Å². The lowest BCUT2D eigenvalue weighted by molar-refractivity contribution is -0.123. The Morgan fingerprint density at radius 1 is 1.08 bits per heavy atom. The number of carbonyl (C=O) groups excluding carboxylic acids is 2. The highest BCUT2D eigenvalue weighted by atomic mass is 35.5. The second-order valence-electron chi connectivity index (χ2n) is 5.41. The molecule has 9 heteroatoms. The van der Waals surface area contributed by atoms with Crippen LogP contribution in [-0.4, -0.2) is 24.5 Å². The zero-order chi connectivity index (χ0) is 19.5. The first-order valence-corrected chi connectivity index (χ1v) is 7.66. The number of aryl methyl sites for hydroxylation is 1. The molecule has 2 aromatic rings. The largest absolute Gasteiger partial charge is 0.405 e. The minimum atomic E-state index is -4.54. The van der Waals surface area contributed by atoms with E-state index in [1.165, 1.54) is 24.3 Å². The molecule has 0 spiro atoms. The zero-order valence-corrected chi connectivity index (χ0v) is 14.1. The van der Waals surface area contributed by atoms with Crippen molar-refractivity contribution in [2.24, 2.45) is 0 Å². The van der Waals surface area contributed by atoms with Crippen LogP contribution >= 0.6 is 11.6 Å². The van der Waals surface area contributed by atoms with Gasteiger partial charge in [0.25, 0.3) is 11.8 Å². The van der Waals surface area contributed by atoms with Gasteiger partial charge in [0, 0.05) is 16.3 Å². The van der Waals surface area contributed by atoms with E-state index in [0.29, 0.717) is 5.56 Å². The van der Waals surface area contributed by atoms with Gasteiger partial charge in [-0.05, 0) is 42.8 Å². The highest BCUT2D eigenvalue weighted by molar-refractivity contribution is 6.31. The molecule has 26 heavy (non-hydrogen) atoms. The van der Waals surface area contributed by atoms with Gasteiger partial charge in [0.2, 0.25) is 0 Å². The average Bonchev–Trinajstić information content (AvgIpc) is 2.56. The van der Waals surface area contributed by atoms with E-state index in [1.54, 1.807) is 12.2 Å². The van der Waals surface area contributed by atoms with Crippen LogP contribution in [0.3, 0.4) is 0 Å². The maximum absolute atomic E-state index is 13.8. The summed E-state index contributed by atoms with van der Waals surface area (Å²) in [5, 5.41) is 4.32. The molecule has 0 saturated carbocycles. The number of benzene rings is 2. The van der Waals surface area contributed by atoms with Gasteiger partial charge in [-0.2, -0.15) is 13.2 Å². The first kappa shape index (κ1) is 19.7. The van der Waals surface area contributed by atoms with Crippen molar-refractivity contribution in [3.63, 3.8) is 0 Å². The van der Waals surface area contributed by atoms with Crippen LogP contribution in [0.25, 0.3) is 0 Å². The van der Waals surface area contributed by atoms with Crippen LogP contribution in [0.15, 0.2) is 36.4 Å². The third-order valence-corrected chi connectivity index (χ3v) is 3.61. The van der Waals surface area contributed by atoms with Crippen LogP contribution in [0.2, 0.25) is 5.02 Å². The lowest BCUT2D eigenvalue weighted by Crippen LogP contribution is -2.33. The second-order valence-corrected chi connectivity index (χ2v) is 5.84. The predicted octanol–water partition coefficient (Wildman–Crippen LogP) is 4.33. The molecule has 0 saturated heterocycles. The summed E-state index contributed by atoms with van der Waals surface area (Å²) in [6, 6.07) is 7.43. The molecule has 138 valence electrons. The molecular weight excluding hydrogens is 376 g/mol. The molecule has 2 amide bonds. The fourth-order valence-corrected chi connectivity index (χ4v) is 2.21. The summed E-state index contributed by atoms with van der Waals surface area (Å²) >= 11 is 5.74. The van der Waals surface area contributed by atoms with Gasteiger partial charge in [-0.3, -0.25) is 9.59 Å². The number of halogens is 5. The van der Waals surface area contributed by atoms with E-state index in [2.05, 4.69) is 5.32 Å². The number of rotatable bonds is 4. The van der Waals surface area contributed by atoms with E-state index in [1.807, 2.05) is 0 Å². The van der Waals surface area contributed by atoms with Gasteiger partial charge in [-0.1, -0.05) is 17.7 Å². The van der Waals surface area contributed by atoms with Crippen molar-refractivity contribution in [3.8, 4) is 0 Å². The Kier molecular flexibility index (Phi) is 5.86. The van der Waals surface area contributed by atoms with Crippen molar-refractivity contribution in [3.05, 3.63) is 63.9 Å².